The van der Waals surface area contributed by atoms with E-state index in [1.807, 2.05) is 0 Å². The quantitative estimate of drug-likeness (QED) is 0.549. The fraction of sp³-hybridized carbons (Fsp3) is 0.125. The molecule has 0 heterocycles. The molecule has 1 aromatic carbocycles. The zero-order chi connectivity index (χ0) is 8.27. The predicted molar refractivity (Wildman–Crippen MR) is 44.1 cm³/mol. The third kappa shape index (κ3) is 2.12. The van der Waals surface area contributed by atoms with Crippen molar-refractivity contribution in [1.82, 2.24) is 0 Å². The summed E-state index contributed by atoms with van der Waals surface area (Å²) in [6.07, 6.45) is 0.757. The van der Waals surface area contributed by atoms with Crippen molar-refractivity contribution < 1.29 is 9.18 Å². The van der Waals surface area contributed by atoms with Crippen molar-refractivity contribution >= 4 is 22.2 Å². The molecule has 3 heteroatoms. The zero-order valence-corrected chi connectivity index (χ0v) is 7.21. The van der Waals surface area contributed by atoms with Crippen molar-refractivity contribution in [1.29, 1.82) is 0 Å². The lowest BCUT2D eigenvalue weighted by atomic mass is 10.2. The highest BCUT2D eigenvalue weighted by atomic mass is 79.9. The van der Waals surface area contributed by atoms with Gasteiger partial charge >= 0.3 is 0 Å². The second-order valence-electron chi connectivity index (χ2n) is 2.09. The molecule has 1 aromatic rings. The molecule has 0 aliphatic carbocycles. The second-order valence-corrected chi connectivity index (χ2v) is 3.08. The number of carbonyl (C=O) groups excluding carboxylic acids is 1. The minimum Gasteiger partial charge on any atom is -0.302 e. The molecule has 0 radical (unpaired) electrons. The number of hydrogen-bond acceptors (Lipinski definition) is 1. The van der Waals surface area contributed by atoms with E-state index in [0.717, 1.165) is 11.8 Å². The summed E-state index contributed by atoms with van der Waals surface area (Å²) in [6, 6.07) is 5.80. The van der Waals surface area contributed by atoms with Gasteiger partial charge in [0.25, 0.3) is 0 Å². The maximum absolute atomic E-state index is 12.4. The van der Waals surface area contributed by atoms with E-state index in [4.69, 9.17) is 0 Å². The van der Waals surface area contributed by atoms with Gasteiger partial charge in [0.05, 0.1) is 4.83 Å². The highest BCUT2D eigenvalue weighted by Gasteiger charge is 2.03. The Morgan fingerprint density at radius 1 is 1.36 bits per heavy atom. The van der Waals surface area contributed by atoms with Gasteiger partial charge in [0.1, 0.15) is 12.1 Å². The Morgan fingerprint density at radius 2 is 1.91 bits per heavy atom. The van der Waals surface area contributed by atoms with Gasteiger partial charge in [-0.05, 0) is 17.7 Å². The summed E-state index contributed by atoms with van der Waals surface area (Å²) in [6.45, 7) is 0. The molecule has 0 aromatic heterocycles. The maximum atomic E-state index is 12.4. The van der Waals surface area contributed by atoms with Gasteiger partial charge < -0.3 is 4.79 Å². The van der Waals surface area contributed by atoms with E-state index in [-0.39, 0.29) is 10.6 Å². The van der Waals surface area contributed by atoms with Gasteiger partial charge in [-0.25, -0.2) is 4.39 Å². The SMILES string of the molecule is O=C[C@@H](Br)c1ccc(F)cc1. The largest absolute Gasteiger partial charge is 0.302 e. The third-order valence-electron chi connectivity index (χ3n) is 1.31. The topological polar surface area (TPSA) is 17.1 Å². The van der Waals surface area contributed by atoms with Gasteiger partial charge in [-0.1, -0.05) is 28.1 Å². The van der Waals surface area contributed by atoms with Crippen molar-refractivity contribution in [3.63, 3.8) is 0 Å². The lowest BCUT2D eigenvalue weighted by molar-refractivity contribution is -0.107. The predicted octanol–water partition coefficient (Wildman–Crippen LogP) is 2.46. The summed E-state index contributed by atoms with van der Waals surface area (Å²) in [5.74, 6) is -0.292. The first kappa shape index (κ1) is 8.40. The van der Waals surface area contributed by atoms with Crippen LogP contribution in [0, 0.1) is 5.82 Å². The van der Waals surface area contributed by atoms with Gasteiger partial charge in [-0.2, -0.15) is 0 Å². The lowest BCUT2D eigenvalue weighted by Gasteiger charge is -1.99. The van der Waals surface area contributed by atoms with Gasteiger partial charge in [0.2, 0.25) is 0 Å². The fourth-order valence-corrected chi connectivity index (χ4v) is 1.03. The van der Waals surface area contributed by atoms with Crippen molar-refractivity contribution in [3.05, 3.63) is 35.6 Å². The lowest BCUT2D eigenvalue weighted by Crippen LogP contribution is -1.89. The molecule has 1 nitrogen and oxygen atoms in total. The number of hydrogen-bond donors (Lipinski definition) is 0. The molecule has 0 bridgehead atoms. The molecule has 0 aliphatic heterocycles. The zero-order valence-electron chi connectivity index (χ0n) is 5.63. The summed E-state index contributed by atoms with van der Waals surface area (Å²) in [5.41, 5.74) is 0.765. The first-order valence-electron chi connectivity index (χ1n) is 3.09. The number of rotatable bonds is 2. The number of alkyl halides is 1. The van der Waals surface area contributed by atoms with E-state index in [2.05, 4.69) is 15.9 Å². The molecular formula is C8H6BrFO. The standard InChI is InChI=1S/C8H6BrFO/c9-8(5-11)6-1-3-7(10)4-2-6/h1-5,8H/t8-/m1/s1. The maximum Gasteiger partial charge on any atom is 0.138 e. The average molecular weight is 217 g/mol. The van der Waals surface area contributed by atoms with Gasteiger partial charge in [0, 0.05) is 0 Å². The molecule has 0 unspecified atom stereocenters. The Balaban J connectivity index is 2.89. The highest BCUT2D eigenvalue weighted by molar-refractivity contribution is 9.09. The number of aldehydes is 1. The van der Waals surface area contributed by atoms with Crippen LogP contribution in [0.5, 0.6) is 0 Å². The monoisotopic (exact) mass is 216 g/mol. The molecule has 0 fully saturated rings. The molecule has 0 N–H and O–H groups in total. The van der Waals surface area contributed by atoms with Crippen molar-refractivity contribution in [2.45, 2.75) is 4.83 Å². The van der Waals surface area contributed by atoms with Crippen molar-refractivity contribution in [3.8, 4) is 0 Å². The van der Waals surface area contributed by atoms with Gasteiger partial charge in [0.15, 0.2) is 0 Å². The minimum atomic E-state index is -0.330. The van der Waals surface area contributed by atoms with Crippen LogP contribution in [0.2, 0.25) is 0 Å². The van der Waals surface area contributed by atoms with E-state index in [1.165, 1.54) is 12.1 Å². The normalized spacial score (nSPS) is 12.5. The minimum absolute atomic E-state index is 0.292. The number of halogens is 2. The summed E-state index contributed by atoms with van der Waals surface area (Å²) >= 11 is 3.12. The molecule has 0 saturated heterocycles. The summed E-state index contributed by atoms with van der Waals surface area (Å²) in [7, 11) is 0. The van der Waals surface area contributed by atoms with E-state index in [9.17, 15) is 9.18 Å². The van der Waals surface area contributed by atoms with Crippen LogP contribution >= 0.6 is 15.9 Å². The molecule has 11 heavy (non-hydrogen) atoms. The molecule has 1 rings (SSSR count). The molecule has 0 saturated carbocycles. The molecule has 0 amide bonds. The molecule has 58 valence electrons. The third-order valence-corrected chi connectivity index (χ3v) is 2.05. The first-order chi connectivity index (χ1) is 5.24. The second kappa shape index (κ2) is 3.62. The van der Waals surface area contributed by atoms with E-state index in [0.29, 0.717) is 0 Å². The number of carbonyl (C=O) groups is 1. The van der Waals surface area contributed by atoms with Crippen LogP contribution in [0.1, 0.15) is 10.4 Å². The Morgan fingerprint density at radius 3 is 2.36 bits per heavy atom. The molecular weight excluding hydrogens is 211 g/mol. The summed E-state index contributed by atoms with van der Waals surface area (Å²) < 4.78 is 12.4. The first-order valence-corrected chi connectivity index (χ1v) is 4.00. The molecule has 0 spiro atoms. The summed E-state index contributed by atoms with van der Waals surface area (Å²) in [5, 5.41) is 0. The van der Waals surface area contributed by atoms with Crippen molar-refractivity contribution in [2.75, 3.05) is 0 Å². The summed E-state index contributed by atoms with van der Waals surface area (Å²) in [4.78, 5) is 9.92. The molecule has 0 aliphatic rings. The Hall–Kier alpha value is -0.700. The Labute approximate surface area is 72.4 Å². The van der Waals surface area contributed by atoms with Crippen LogP contribution < -0.4 is 0 Å². The average Bonchev–Trinajstić information content (AvgIpc) is 2.05. The van der Waals surface area contributed by atoms with Crippen LogP contribution in [-0.2, 0) is 4.79 Å². The molecule has 1 atom stereocenters. The Bertz CT molecular complexity index is 245. The fourth-order valence-electron chi connectivity index (χ4n) is 0.725. The number of benzene rings is 1. The van der Waals surface area contributed by atoms with E-state index >= 15 is 0 Å². The van der Waals surface area contributed by atoms with Gasteiger partial charge in [-0.15, -0.1) is 0 Å². The van der Waals surface area contributed by atoms with Crippen LogP contribution in [0.25, 0.3) is 0 Å². The van der Waals surface area contributed by atoms with Crippen LogP contribution in [0.4, 0.5) is 4.39 Å². The van der Waals surface area contributed by atoms with Crippen LogP contribution in [-0.4, -0.2) is 6.29 Å². The van der Waals surface area contributed by atoms with Crippen LogP contribution in [0.3, 0.4) is 0 Å². The van der Waals surface area contributed by atoms with Crippen LogP contribution in [0.15, 0.2) is 24.3 Å². The van der Waals surface area contributed by atoms with E-state index < -0.39 is 0 Å². The van der Waals surface area contributed by atoms with Gasteiger partial charge in [-0.3, -0.25) is 0 Å². The van der Waals surface area contributed by atoms with Crippen molar-refractivity contribution in [2.24, 2.45) is 0 Å². The highest BCUT2D eigenvalue weighted by Crippen LogP contribution is 2.19. The smallest absolute Gasteiger partial charge is 0.138 e. The van der Waals surface area contributed by atoms with E-state index in [1.54, 1.807) is 12.1 Å². The Kier molecular flexibility index (Phi) is 2.76.